The number of benzene rings is 1. The van der Waals surface area contributed by atoms with Gasteiger partial charge < -0.3 is 4.90 Å². The Hall–Kier alpha value is -1.57. The molecule has 108 valence electrons. The van der Waals surface area contributed by atoms with Crippen LogP contribution in [-0.4, -0.2) is 13.0 Å². The average Bonchev–Trinajstić information content (AvgIpc) is 2.46. The minimum Gasteiger partial charge on any atom is -0.311 e. The Kier molecular flexibility index (Phi) is 4.32. The van der Waals surface area contributed by atoms with Crippen LogP contribution in [0.15, 0.2) is 35.9 Å². The van der Waals surface area contributed by atoms with E-state index in [1.165, 1.54) is 12.0 Å². The standard InChI is InChI=1S/C18H25NO/c1-18(2,3)15-12-8-9-13-16(15)19(4)17(20)14-10-6-5-7-11-14/h8-10,12-13H,5-7,11H2,1-4H3. The molecular formula is C18H25NO. The van der Waals surface area contributed by atoms with Crippen molar-refractivity contribution in [2.75, 3.05) is 11.9 Å². The summed E-state index contributed by atoms with van der Waals surface area (Å²) in [5.41, 5.74) is 3.25. The van der Waals surface area contributed by atoms with Gasteiger partial charge in [0.2, 0.25) is 0 Å². The first-order valence-electron chi connectivity index (χ1n) is 7.48. The number of allylic oxidation sites excluding steroid dienone is 1. The van der Waals surface area contributed by atoms with Gasteiger partial charge in [0.25, 0.3) is 5.91 Å². The molecule has 0 atom stereocenters. The topological polar surface area (TPSA) is 20.3 Å². The molecule has 0 spiro atoms. The van der Waals surface area contributed by atoms with E-state index in [2.05, 4.69) is 32.9 Å². The van der Waals surface area contributed by atoms with Crippen LogP contribution in [0.2, 0.25) is 0 Å². The van der Waals surface area contributed by atoms with Crippen molar-refractivity contribution in [3.8, 4) is 0 Å². The van der Waals surface area contributed by atoms with Crippen LogP contribution in [0.4, 0.5) is 5.69 Å². The van der Waals surface area contributed by atoms with Crippen molar-refractivity contribution in [2.45, 2.75) is 51.9 Å². The minimum absolute atomic E-state index is 0.0338. The van der Waals surface area contributed by atoms with Gasteiger partial charge >= 0.3 is 0 Å². The summed E-state index contributed by atoms with van der Waals surface area (Å²) >= 11 is 0. The molecule has 1 aromatic rings. The number of likely N-dealkylation sites (N-methyl/N-ethyl adjacent to an activating group) is 1. The zero-order valence-corrected chi connectivity index (χ0v) is 13.1. The summed E-state index contributed by atoms with van der Waals surface area (Å²) in [6.07, 6.45) is 6.41. The molecule has 0 saturated carbocycles. The van der Waals surface area contributed by atoms with E-state index in [0.717, 1.165) is 30.5 Å². The fourth-order valence-electron chi connectivity index (χ4n) is 2.76. The van der Waals surface area contributed by atoms with Gasteiger partial charge in [-0.1, -0.05) is 45.0 Å². The van der Waals surface area contributed by atoms with Gasteiger partial charge in [0.1, 0.15) is 0 Å². The third-order valence-corrected chi connectivity index (χ3v) is 3.94. The van der Waals surface area contributed by atoms with Gasteiger partial charge in [0.15, 0.2) is 0 Å². The molecule has 0 radical (unpaired) electrons. The molecule has 1 amide bonds. The monoisotopic (exact) mass is 271 g/mol. The Morgan fingerprint density at radius 1 is 1.15 bits per heavy atom. The summed E-state index contributed by atoms with van der Waals surface area (Å²) in [5, 5.41) is 0. The third-order valence-electron chi connectivity index (χ3n) is 3.94. The van der Waals surface area contributed by atoms with Crippen LogP contribution in [0.3, 0.4) is 0 Å². The normalized spacial score (nSPS) is 15.7. The van der Waals surface area contributed by atoms with Crippen LogP contribution in [0.25, 0.3) is 0 Å². The smallest absolute Gasteiger partial charge is 0.253 e. The number of carbonyl (C=O) groups is 1. The third kappa shape index (κ3) is 3.12. The quantitative estimate of drug-likeness (QED) is 0.778. The first-order chi connectivity index (χ1) is 9.41. The van der Waals surface area contributed by atoms with Crippen LogP contribution >= 0.6 is 0 Å². The predicted octanol–water partition coefficient (Wildman–Crippen LogP) is 4.45. The van der Waals surface area contributed by atoms with Gasteiger partial charge in [-0.25, -0.2) is 0 Å². The van der Waals surface area contributed by atoms with Gasteiger partial charge in [0.05, 0.1) is 0 Å². The van der Waals surface area contributed by atoms with Crippen molar-refractivity contribution in [1.82, 2.24) is 0 Å². The Labute approximate surface area is 122 Å². The lowest BCUT2D eigenvalue weighted by Gasteiger charge is -2.28. The molecule has 0 heterocycles. The summed E-state index contributed by atoms with van der Waals surface area (Å²) in [5.74, 6) is 0.154. The molecule has 0 unspecified atom stereocenters. The molecule has 0 aromatic heterocycles. The molecule has 1 aliphatic rings. The van der Waals surface area contributed by atoms with Gasteiger partial charge in [-0.15, -0.1) is 0 Å². The van der Waals surface area contributed by atoms with E-state index < -0.39 is 0 Å². The lowest BCUT2D eigenvalue weighted by atomic mass is 9.85. The van der Waals surface area contributed by atoms with E-state index >= 15 is 0 Å². The zero-order chi connectivity index (χ0) is 14.8. The maximum atomic E-state index is 12.6. The second-order valence-electron chi connectivity index (χ2n) is 6.61. The van der Waals surface area contributed by atoms with Crippen molar-refractivity contribution in [1.29, 1.82) is 0 Å². The molecular weight excluding hydrogens is 246 g/mol. The van der Waals surface area contributed by atoms with E-state index in [9.17, 15) is 4.79 Å². The first kappa shape index (κ1) is 14.8. The Morgan fingerprint density at radius 3 is 2.45 bits per heavy atom. The Bertz CT molecular complexity index is 522. The Morgan fingerprint density at radius 2 is 1.85 bits per heavy atom. The van der Waals surface area contributed by atoms with Crippen LogP contribution in [-0.2, 0) is 10.2 Å². The van der Waals surface area contributed by atoms with E-state index in [0.29, 0.717) is 0 Å². The molecule has 0 N–H and O–H groups in total. The highest BCUT2D eigenvalue weighted by molar-refractivity contribution is 6.05. The number of nitrogens with zero attached hydrogens (tertiary/aromatic N) is 1. The van der Waals surface area contributed by atoms with Crippen molar-refractivity contribution in [2.24, 2.45) is 0 Å². The lowest BCUT2D eigenvalue weighted by Crippen LogP contribution is -2.30. The molecule has 0 aliphatic heterocycles. The van der Waals surface area contributed by atoms with Crippen molar-refractivity contribution in [3.63, 3.8) is 0 Å². The largest absolute Gasteiger partial charge is 0.311 e. The van der Waals surface area contributed by atoms with E-state index in [1.807, 2.05) is 30.1 Å². The molecule has 1 aromatic carbocycles. The molecule has 0 saturated heterocycles. The van der Waals surface area contributed by atoms with Crippen molar-refractivity contribution < 1.29 is 4.79 Å². The maximum absolute atomic E-state index is 12.6. The average molecular weight is 271 g/mol. The van der Waals surface area contributed by atoms with E-state index in [4.69, 9.17) is 0 Å². The first-order valence-corrected chi connectivity index (χ1v) is 7.48. The molecule has 1 aliphatic carbocycles. The second kappa shape index (κ2) is 5.82. The number of anilines is 1. The number of para-hydroxylation sites is 1. The highest BCUT2D eigenvalue weighted by Crippen LogP contribution is 2.32. The predicted molar refractivity (Wildman–Crippen MR) is 85.1 cm³/mol. The van der Waals surface area contributed by atoms with E-state index in [-0.39, 0.29) is 11.3 Å². The fraction of sp³-hybridized carbons (Fsp3) is 0.500. The lowest BCUT2D eigenvalue weighted by molar-refractivity contribution is -0.115. The molecule has 0 bridgehead atoms. The van der Waals surface area contributed by atoms with Crippen molar-refractivity contribution in [3.05, 3.63) is 41.5 Å². The van der Waals surface area contributed by atoms with Gasteiger partial charge in [-0.2, -0.15) is 0 Å². The number of rotatable bonds is 2. The molecule has 2 heteroatoms. The van der Waals surface area contributed by atoms with Crippen LogP contribution < -0.4 is 4.90 Å². The van der Waals surface area contributed by atoms with Crippen LogP contribution in [0.5, 0.6) is 0 Å². The molecule has 2 nitrogen and oxygen atoms in total. The SMILES string of the molecule is CN(C(=O)C1=CCCCC1)c1ccccc1C(C)(C)C. The second-order valence-corrected chi connectivity index (χ2v) is 6.61. The van der Waals surface area contributed by atoms with Crippen LogP contribution in [0.1, 0.15) is 52.0 Å². The highest BCUT2D eigenvalue weighted by atomic mass is 16.2. The van der Waals surface area contributed by atoms with E-state index in [1.54, 1.807) is 0 Å². The minimum atomic E-state index is 0.0338. The molecule has 20 heavy (non-hydrogen) atoms. The Balaban J connectivity index is 2.32. The summed E-state index contributed by atoms with van der Waals surface area (Å²) in [6, 6.07) is 8.21. The van der Waals surface area contributed by atoms with Gasteiger partial charge in [-0.3, -0.25) is 4.79 Å². The van der Waals surface area contributed by atoms with Crippen molar-refractivity contribution >= 4 is 11.6 Å². The van der Waals surface area contributed by atoms with Crippen LogP contribution in [0, 0.1) is 0 Å². The number of amides is 1. The zero-order valence-electron chi connectivity index (χ0n) is 13.1. The number of hydrogen-bond donors (Lipinski definition) is 0. The molecule has 0 fully saturated rings. The summed E-state index contributed by atoms with van der Waals surface area (Å²) in [7, 11) is 1.89. The summed E-state index contributed by atoms with van der Waals surface area (Å²) < 4.78 is 0. The number of hydrogen-bond acceptors (Lipinski definition) is 1. The fourth-order valence-corrected chi connectivity index (χ4v) is 2.76. The highest BCUT2D eigenvalue weighted by Gasteiger charge is 2.24. The van der Waals surface area contributed by atoms with Gasteiger partial charge in [-0.05, 0) is 42.7 Å². The molecule has 2 rings (SSSR count). The summed E-state index contributed by atoms with van der Waals surface area (Å²) in [4.78, 5) is 14.5. The number of carbonyl (C=O) groups excluding carboxylic acids is 1. The summed E-state index contributed by atoms with van der Waals surface area (Å²) in [6.45, 7) is 6.55. The van der Waals surface area contributed by atoms with Gasteiger partial charge in [0, 0.05) is 18.3 Å². The maximum Gasteiger partial charge on any atom is 0.253 e.